The van der Waals surface area contributed by atoms with Crippen LogP contribution in [0.3, 0.4) is 0 Å². The summed E-state index contributed by atoms with van der Waals surface area (Å²) < 4.78 is 26.6. The van der Waals surface area contributed by atoms with Crippen molar-refractivity contribution < 1.29 is 47.7 Å². The van der Waals surface area contributed by atoms with Crippen LogP contribution in [0.15, 0.2) is 24.3 Å². The van der Waals surface area contributed by atoms with Gasteiger partial charge in [0.1, 0.15) is 0 Å². The van der Waals surface area contributed by atoms with Crippen molar-refractivity contribution in [2.24, 2.45) is 0 Å². The molecular formula is C22H23NO10Se. The van der Waals surface area contributed by atoms with Gasteiger partial charge in [-0.3, -0.25) is 0 Å². The van der Waals surface area contributed by atoms with Crippen molar-refractivity contribution in [3.05, 3.63) is 35.4 Å². The van der Waals surface area contributed by atoms with E-state index in [9.17, 15) is 24.0 Å². The molecule has 11 nitrogen and oxygen atoms in total. The summed E-state index contributed by atoms with van der Waals surface area (Å²) in [7, 11) is 0. The Morgan fingerprint density at radius 1 is 0.853 bits per heavy atom. The number of ether oxygens (including phenoxy) is 5. The maximum atomic E-state index is 13.0. The number of hydrogen-bond acceptors (Lipinski definition) is 11. The van der Waals surface area contributed by atoms with E-state index < -0.39 is 68.3 Å². The molecule has 1 heterocycles. The molecule has 5 atom stereocenters. The van der Waals surface area contributed by atoms with E-state index in [1.54, 1.807) is 0 Å². The summed E-state index contributed by atoms with van der Waals surface area (Å²) in [5.74, 6) is -2.86. The average Bonchev–Trinajstić information content (AvgIpc) is 2.75. The van der Waals surface area contributed by atoms with Crippen molar-refractivity contribution in [2.45, 2.75) is 57.1 Å². The van der Waals surface area contributed by atoms with Gasteiger partial charge in [-0.05, 0) is 0 Å². The fourth-order valence-electron chi connectivity index (χ4n) is 3.14. The zero-order valence-corrected chi connectivity index (χ0v) is 20.6. The zero-order chi connectivity index (χ0) is 25.4. The van der Waals surface area contributed by atoms with Gasteiger partial charge in [0.2, 0.25) is 0 Å². The molecule has 1 fully saturated rings. The van der Waals surface area contributed by atoms with E-state index in [2.05, 4.69) is 0 Å². The van der Waals surface area contributed by atoms with Crippen molar-refractivity contribution >= 4 is 43.5 Å². The first-order chi connectivity index (χ1) is 16.0. The number of rotatable bonds is 8. The monoisotopic (exact) mass is 541 g/mol. The van der Waals surface area contributed by atoms with E-state index in [0.29, 0.717) is 11.1 Å². The molecule has 1 saturated heterocycles. The summed E-state index contributed by atoms with van der Waals surface area (Å²) in [5.41, 5.74) is 0.670. The molecule has 0 bridgehead atoms. The Hall–Kier alpha value is -3.26. The van der Waals surface area contributed by atoms with Crippen molar-refractivity contribution in [3.8, 4) is 6.07 Å². The molecule has 0 spiro atoms. The Morgan fingerprint density at radius 2 is 1.38 bits per heavy atom. The van der Waals surface area contributed by atoms with E-state index in [0.717, 1.165) is 20.8 Å². The molecule has 2 rings (SSSR count). The normalized spacial score (nSPS) is 23.7. The summed E-state index contributed by atoms with van der Waals surface area (Å²) in [6.07, 6.45) is -4.98. The third kappa shape index (κ3) is 7.66. The van der Waals surface area contributed by atoms with Gasteiger partial charge < -0.3 is 0 Å². The number of carbonyl (C=O) groups is 5. The van der Waals surface area contributed by atoms with Gasteiger partial charge in [-0.2, -0.15) is 0 Å². The van der Waals surface area contributed by atoms with Crippen LogP contribution in [0, 0.1) is 11.3 Å². The third-order valence-corrected chi connectivity index (χ3v) is 6.65. The van der Waals surface area contributed by atoms with Gasteiger partial charge in [-0.15, -0.1) is 0 Å². The molecule has 34 heavy (non-hydrogen) atoms. The minimum atomic E-state index is -1.32. The van der Waals surface area contributed by atoms with Gasteiger partial charge in [0.05, 0.1) is 0 Å². The number of esters is 4. The van der Waals surface area contributed by atoms with Gasteiger partial charge in [0.25, 0.3) is 0 Å². The summed E-state index contributed by atoms with van der Waals surface area (Å²) in [4.78, 5) is 59.7. The van der Waals surface area contributed by atoms with Gasteiger partial charge in [0, 0.05) is 0 Å². The zero-order valence-electron chi connectivity index (χ0n) is 18.8. The first-order valence-electron chi connectivity index (χ1n) is 10.0. The molecule has 12 heteroatoms. The molecule has 1 aliphatic heterocycles. The minimum absolute atomic E-state index is 0.298. The first-order valence-corrected chi connectivity index (χ1v) is 11.9. The molecule has 5 unspecified atom stereocenters. The molecule has 0 aromatic heterocycles. The molecule has 1 aromatic rings. The predicted molar refractivity (Wildman–Crippen MR) is 113 cm³/mol. The second-order valence-electron chi connectivity index (χ2n) is 7.16. The molecule has 0 amide bonds. The molecule has 0 radical (unpaired) electrons. The van der Waals surface area contributed by atoms with Crippen LogP contribution in [-0.2, 0) is 42.9 Å². The Balaban J connectivity index is 2.42. The fourth-order valence-corrected chi connectivity index (χ4v) is 5.29. The summed E-state index contributed by atoms with van der Waals surface area (Å²) in [5, 5.41) is 7.87. The second kappa shape index (κ2) is 12.3. The van der Waals surface area contributed by atoms with E-state index in [4.69, 9.17) is 28.9 Å². The molecule has 1 aromatic carbocycles. The van der Waals surface area contributed by atoms with Crippen molar-refractivity contribution in [1.82, 2.24) is 0 Å². The predicted octanol–water partition coefficient (Wildman–Crippen LogP) is 0.486. The average molecular weight is 540 g/mol. The second-order valence-corrected chi connectivity index (χ2v) is 9.41. The van der Waals surface area contributed by atoms with Crippen LogP contribution in [0.4, 0.5) is 0 Å². The number of hydrogen-bond donors (Lipinski definition) is 0. The van der Waals surface area contributed by atoms with Crippen molar-refractivity contribution in [3.63, 3.8) is 0 Å². The SMILES string of the molecule is CC(=O)OCC1OC([Se]C(=O)c2ccc(C#N)cc2)C(OC(C)=O)C(OC(C)=O)C1OC(C)=O. The number of benzene rings is 1. The third-order valence-electron chi connectivity index (χ3n) is 4.42. The Labute approximate surface area is 201 Å². The van der Waals surface area contributed by atoms with Crippen LogP contribution in [0.1, 0.15) is 43.6 Å². The van der Waals surface area contributed by atoms with Gasteiger partial charge >= 0.3 is 202 Å². The van der Waals surface area contributed by atoms with Crippen molar-refractivity contribution in [1.29, 1.82) is 5.26 Å². The van der Waals surface area contributed by atoms with Crippen LogP contribution >= 0.6 is 0 Å². The van der Waals surface area contributed by atoms with Crippen LogP contribution < -0.4 is 0 Å². The quantitative estimate of drug-likeness (QED) is 0.257. The molecule has 0 aliphatic carbocycles. The van der Waals surface area contributed by atoms with Crippen molar-refractivity contribution in [2.75, 3.05) is 6.61 Å². The molecule has 1 aliphatic rings. The Kier molecular flexibility index (Phi) is 9.74. The van der Waals surface area contributed by atoms with Gasteiger partial charge in [-0.1, -0.05) is 0 Å². The van der Waals surface area contributed by atoms with Crippen LogP contribution in [0.2, 0.25) is 0 Å². The Morgan fingerprint density at radius 3 is 1.88 bits per heavy atom. The van der Waals surface area contributed by atoms with E-state index in [1.165, 1.54) is 31.2 Å². The van der Waals surface area contributed by atoms with Crippen LogP contribution in [0.5, 0.6) is 0 Å². The summed E-state index contributed by atoms with van der Waals surface area (Å²) in [6.45, 7) is 4.18. The van der Waals surface area contributed by atoms with Crippen LogP contribution in [-0.4, -0.2) is 79.5 Å². The first kappa shape index (κ1) is 27.0. The summed E-state index contributed by atoms with van der Waals surface area (Å²) in [6, 6.07) is 7.88. The van der Waals surface area contributed by atoms with Gasteiger partial charge in [0.15, 0.2) is 0 Å². The number of nitrogens with zero attached hydrogens (tertiary/aromatic N) is 1. The number of carbonyl (C=O) groups excluding carboxylic acids is 5. The fraction of sp³-hybridized carbons (Fsp3) is 0.455. The van der Waals surface area contributed by atoms with Crippen LogP contribution in [0.25, 0.3) is 0 Å². The molecule has 0 saturated carbocycles. The molecule has 0 N–H and O–H groups in total. The maximum absolute atomic E-state index is 13.0. The van der Waals surface area contributed by atoms with E-state index in [1.807, 2.05) is 6.07 Å². The van der Waals surface area contributed by atoms with Gasteiger partial charge in [-0.25, -0.2) is 0 Å². The standard InChI is InChI=1S/C22H23NO10Se/c1-11(24)29-10-17-18(30-12(2)25)19(31-13(3)26)20(32-14(4)27)22(33-17)34-21(28)16-7-5-15(9-23)6-8-16/h5-8,17-20,22H,10H2,1-4H3. The number of nitriles is 1. The Bertz CT molecular complexity index is 986. The van der Waals surface area contributed by atoms with E-state index >= 15 is 0 Å². The topological polar surface area (TPSA) is 155 Å². The molecule has 182 valence electrons. The van der Waals surface area contributed by atoms with E-state index in [-0.39, 0.29) is 11.3 Å². The molecular weight excluding hydrogens is 517 g/mol. The summed E-state index contributed by atoms with van der Waals surface area (Å²) >= 11 is -1.03.